The van der Waals surface area contributed by atoms with Gasteiger partial charge in [0.2, 0.25) is 5.91 Å². The standard InChI is InChI=1S/C22H28F3N3O5/c1-20(2,3)16-7-8-21(33-16)12-28(19(31)32)11-15(21)27-17(29)10-26-18(30)13-5-4-6-14(9-13)22(23,24)25/h4-6,9,15-16H,7-8,10-12H2,1-3H3,(H,26,30)(H,27,29)(H,31,32)/t15-,16?,21?/m0/s1. The Bertz CT molecular complexity index is 931. The van der Waals surface area contributed by atoms with Crippen molar-refractivity contribution >= 4 is 17.9 Å². The highest BCUT2D eigenvalue weighted by Gasteiger charge is 2.55. The summed E-state index contributed by atoms with van der Waals surface area (Å²) >= 11 is 0. The van der Waals surface area contributed by atoms with Gasteiger partial charge in [0.1, 0.15) is 5.60 Å². The average molecular weight is 471 g/mol. The zero-order chi connectivity index (χ0) is 24.6. The van der Waals surface area contributed by atoms with Crippen molar-refractivity contribution in [3.05, 3.63) is 35.4 Å². The molecule has 0 aliphatic carbocycles. The lowest BCUT2D eigenvalue weighted by Gasteiger charge is -2.34. The summed E-state index contributed by atoms with van der Waals surface area (Å²) in [5, 5.41) is 14.5. The molecule has 3 rings (SSSR count). The molecule has 2 aliphatic rings. The topological polar surface area (TPSA) is 108 Å². The molecule has 0 aromatic heterocycles. The number of carbonyl (C=O) groups excluding carboxylic acids is 2. The first kappa shape index (κ1) is 24.8. The van der Waals surface area contributed by atoms with Crippen LogP contribution in [0.4, 0.5) is 18.0 Å². The van der Waals surface area contributed by atoms with Gasteiger partial charge in [-0.05, 0) is 36.5 Å². The number of rotatable bonds is 4. The molecule has 3 amide bonds. The highest BCUT2D eigenvalue weighted by molar-refractivity contribution is 5.96. The third kappa shape index (κ3) is 5.58. The van der Waals surface area contributed by atoms with Crippen molar-refractivity contribution in [2.75, 3.05) is 19.6 Å². The predicted molar refractivity (Wildman–Crippen MR) is 112 cm³/mol. The van der Waals surface area contributed by atoms with E-state index in [0.29, 0.717) is 12.5 Å². The van der Waals surface area contributed by atoms with Crippen LogP contribution in [0.2, 0.25) is 0 Å². The van der Waals surface area contributed by atoms with Gasteiger partial charge in [-0.3, -0.25) is 9.59 Å². The number of nitrogens with zero attached hydrogens (tertiary/aromatic N) is 1. The first-order valence-electron chi connectivity index (χ1n) is 10.6. The molecule has 2 heterocycles. The Labute approximate surface area is 189 Å². The summed E-state index contributed by atoms with van der Waals surface area (Å²) < 4.78 is 44.9. The Balaban J connectivity index is 1.64. The summed E-state index contributed by atoms with van der Waals surface area (Å²) in [7, 11) is 0. The summed E-state index contributed by atoms with van der Waals surface area (Å²) in [4.78, 5) is 37.5. The monoisotopic (exact) mass is 471 g/mol. The van der Waals surface area contributed by atoms with Gasteiger partial charge >= 0.3 is 12.3 Å². The second-order valence-corrected chi connectivity index (χ2v) is 9.62. The Kier molecular flexibility index (Phi) is 6.65. The van der Waals surface area contributed by atoms with Crippen molar-refractivity contribution in [2.24, 2.45) is 5.41 Å². The Hall–Kier alpha value is -2.82. The van der Waals surface area contributed by atoms with E-state index in [9.17, 15) is 32.7 Å². The SMILES string of the molecule is CC(C)(C)C1CCC2(CN(C(=O)O)C[C@@H]2NC(=O)CNC(=O)c2cccc(C(F)(F)F)c2)O1. The molecule has 1 aromatic rings. The molecule has 33 heavy (non-hydrogen) atoms. The highest BCUT2D eigenvalue weighted by Crippen LogP contribution is 2.43. The maximum Gasteiger partial charge on any atom is 0.416 e. The molecule has 0 radical (unpaired) electrons. The maximum absolute atomic E-state index is 12.9. The van der Waals surface area contributed by atoms with Crippen LogP contribution in [0.25, 0.3) is 0 Å². The molecule has 3 N–H and O–H groups in total. The average Bonchev–Trinajstić information content (AvgIpc) is 3.30. The van der Waals surface area contributed by atoms with E-state index in [2.05, 4.69) is 10.6 Å². The van der Waals surface area contributed by atoms with Gasteiger partial charge in [0.25, 0.3) is 5.91 Å². The molecule has 0 bridgehead atoms. The van der Waals surface area contributed by atoms with Gasteiger partial charge < -0.3 is 25.4 Å². The van der Waals surface area contributed by atoms with E-state index in [1.54, 1.807) is 0 Å². The molecule has 11 heteroatoms. The lowest BCUT2D eigenvalue weighted by Crippen LogP contribution is -2.54. The van der Waals surface area contributed by atoms with E-state index >= 15 is 0 Å². The van der Waals surface area contributed by atoms with Crippen molar-refractivity contribution in [1.82, 2.24) is 15.5 Å². The third-order valence-corrected chi connectivity index (χ3v) is 6.14. The number of hydrogen-bond acceptors (Lipinski definition) is 4. The van der Waals surface area contributed by atoms with Crippen molar-refractivity contribution in [1.29, 1.82) is 0 Å². The van der Waals surface area contributed by atoms with Crippen LogP contribution in [0.3, 0.4) is 0 Å². The number of likely N-dealkylation sites (tertiary alicyclic amines) is 1. The number of carbonyl (C=O) groups is 3. The summed E-state index contributed by atoms with van der Waals surface area (Å²) in [6.07, 6.45) is -4.53. The summed E-state index contributed by atoms with van der Waals surface area (Å²) in [6, 6.07) is 3.29. The number of alkyl halides is 3. The maximum atomic E-state index is 12.9. The Morgan fingerprint density at radius 1 is 1.24 bits per heavy atom. The third-order valence-electron chi connectivity index (χ3n) is 6.14. The zero-order valence-electron chi connectivity index (χ0n) is 18.7. The smallest absolute Gasteiger partial charge is 0.416 e. The van der Waals surface area contributed by atoms with Crippen LogP contribution in [0.5, 0.6) is 0 Å². The first-order chi connectivity index (χ1) is 15.2. The van der Waals surface area contributed by atoms with Gasteiger partial charge in [-0.1, -0.05) is 26.8 Å². The normalized spacial score (nSPS) is 25.3. The van der Waals surface area contributed by atoms with Gasteiger partial charge in [-0.2, -0.15) is 13.2 Å². The van der Waals surface area contributed by atoms with Crippen molar-refractivity contribution in [3.8, 4) is 0 Å². The van der Waals surface area contributed by atoms with E-state index in [4.69, 9.17) is 4.74 Å². The molecule has 8 nitrogen and oxygen atoms in total. The number of halogens is 3. The van der Waals surface area contributed by atoms with Crippen molar-refractivity contribution < 1.29 is 37.4 Å². The van der Waals surface area contributed by atoms with E-state index in [0.717, 1.165) is 18.6 Å². The molecule has 2 aliphatic heterocycles. The minimum absolute atomic E-state index is 0.0412. The fourth-order valence-electron chi connectivity index (χ4n) is 4.31. The summed E-state index contributed by atoms with van der Waals surface area (Å²) in [5.41, 5.74) is -2.21. The fraction of sp³-hybridized carbons (Fsp3) is 0.591. The molecular weight excluding hydrogens is 443 g/mol. The quantitative estimate of drug-likeness (QED) is 0.626. The second-order valence-electron chi connectivity index (χ2n) is 9.62. The molecule has 182 valence electrons. The van der Waals surface area contributed by atoms with Gasteiger partial charge in [0.15, 0.2) is 0 Å². The van der Waals surface area contributed by atoms with Gasteiger partial charge in [-0.15, -0.1) is 0 Å². The van der Waals surface area contributed by atoms with Crippen LogP contribution >= 0.6 is 0 Å². The van der Waals surface area contributed by atoms with Gasteiger partial charge in [0, 0.05) is 12.1 Å². The van der Waals surface area contributed by atoms with Crippen molar-refractivity contribution in [2.45, 2.75) is 57.5 Å². The largest absolute Gasteiger partial charge is 0.465 e. The van der Waals surface area contributed by atoms with Crippen LogP contribution in [0.15, 0.2) is 24.3 Å². The minimum atomic E-state index is -4.59. The number of ether oxygens (including phenoxy) is 1. The second kappa shape index (κ2) is 8.85. The van der Waals surface area contributed by atoms with Crippen LogP contribution in [-0.2, 0) is 15.7 Å². The number of nitrogens with one attached hydrogen (secondary N) is 2. The van der Waals surface area contributed by atoms with E-state index in [1.807, 2.05) is 20.8 Å². The predicted octanol–water partition coefficient (Wildman–Crippen LogP) is 2.88. The molecule has 2 unspecified atom stereocenters. The molecule has 3 atom stereocenters. The molecule has 1 spiro atoms. The Morgan fingerprint density at radius 3 is 2.52 bits per heavy atom. The van der Waals surface area contributed by atoms with Crippen LogP contribution in [0, 0.1) is 5.41 Å². The molecule has 2 saturated heterocycles. The van der Waals surface area contributed by atoms with E-state index in [1.165, 1.54) is 11.0 Å². The van der Waals surface area contributed by atoms with E-state index < -0.39 is 47.8 Å². The highest BCUT2D eigenvalue weighted by atomic mass is 19.4. The van der Waals surface area contributed by atoms with E-state index in [-0.39, 0.29) is 30.2 Å². The first-order valence-corrected chi connectivity index (χ1v) is 10.6. The summed E-state index contributed by atoms with van der Waals surface area (Å²) in [6.45, 7) is 5.76. The van der Waals surface area contributed by atoms with Crippen LogP contribution in [0.1, 0.15) is 49.5 Å². The molecule has 0 saturated carbocycles. The minimum Gasteiger partial charge on any atom is -0.465 e. The lowest BCUT2D eigenvalue weighted by atomic mass is 9.86. The number of amides is 3. The Morgan fingerprint density at radius 2 is 1.94 bits per heavy atom. The molecular formula is C22H28F3N3O5. The molecule has 2 fully saturated rings. The zero-order valence-corrected chi connectivity index (χ0v) is 18.7. The fourth-order valence-corrected chi connectivity index (χ4v) is 4.31. The van der Waals surface area contributed by atoms with Gasteiger partial charge in [0.05, 0.1) is 30.8 Å². The van der Waals surface area contributed by atoms with Crippen LogP contribution in [-0.4, -0.2) is 65.3 Å². The van der Waals surface area contributed by atoms with Gasteiger partial charge in [-0.25, -0.2) is 4.79 Å². The number of benzene rings is 1. The van der Waals surface area contributed by atoms with Crippen LogP contribution < -0.4 is 10.6 Å². The summed E-state index contributed by atoms with van der Waals surface area (Å²) in [5.74, 6) is -1.41. The van der Waals surface area contributed by atoms with Crippen molar-refractivity contribution in [3.63, 3.8) is 0 Å². The lowest BCUT2D eigenvalue weighted by molar-refractivity contribution is -0.137. The number of hydrogen-bond donors (Lipinski definition) is 3. The number of carboxylic acid groups (broad SMARTS) is 1. The molecule has 1 aromatic carbocycles.